The van der Waals surface area contributed by atoms with Crippen molar-refractivity contribution < 1.29 is 0 Å². The summed E-state index contributed by atoms with van der Waals surface area (Å²) < 4.78 is 0. The van der Waals surface area contributed by atoms with Gasteiger partial charge in [0, 0.05) is 33.4 Å². The summed E-state index contributed by atoms with van der Waals surface area (Å²) in [5, 5.41) is 0. The molecule has 204 valence electrons. The van der Waals surface area contributed by atoms with Crippen LogP contribution in [0, 0.1) is 6.92 Å². The van der Waals surface area contributed by atoms with Crippen LogP contribution in [0.1, 0.15) is 5.56 Å². The van der Waals surface area contributed by atoms with Crippen LogP contribution in [0.4, 0.5) is 0 Å². The molecule has 3 aromatic heterocycles. The van der Waals surface area contributed by atoms with Crippen molar-refractivity contribution in [1.29, 1.82) is 0 Å². The highest BCUT2D eigenvalue weighted by atomic mass is 14.8. The van der Waals surface area contributed by atoms with E-state index in [4.69, 9.17) is 15.0 Å². The number of nitrogens with zero attached hydrogens (tertiary/aromatic N) is 3. The molecule has 7 rings (SSSR count). The molecule has 0 unspecified atom stereocenters. The smallest absolute Gasteiger partial charge is 0.0716 e. The van der Waals surface area contributed by atoms with E-state index in [2.05, 4.69) is 91.9 Å². The fourth-order valence-corrected chi connectivity index (χ4v) is 5.35. The first-order chi connectivity index (χ1) is 21.2. The monoisotopic (exact) mass is 551 g/mol. The second-order valence-electron chi connectivity index (χ2n) is 10.6. The van der Waals surface area contributed by atoms with Crippen molar-refractivity contribution in [2.75, 3.05) is 0 Å². The summed E-state index contributed by atoms with van der Waals surface area (Å²) in [6.45, 7) is 2.13. The standard InChI is InChI=1S/C40H29N3/c1-28-22-35(33-24-37(29-14-6-2-7-15-29)42-38(25-33)30-16-8-3-9-17-30)41-36(23-28)34-26-39(31-18-10-4-11-19-31)43-40(27-34)32-20-12-5-13-21-32/h2-27H,1H3. The fourth-order valence-electron chi connectivity index (χ4n) is 5.35. The van der Waals surface area contributed by atoms with E-state index in [9.17, 15) is 0 Å². The second kappa shape index (κ2) is 11.7. The normalized spacial score (nSPS) is 10.9. The van der Waals surface area contributed by atoms with E-state index in [1.54, 1.807) is 0 Å². The van der Waals surface area contributed by atoms with E-state index in [1.165, 1.54) is 0 Å². The molecule has 4 aromatic carbocycles. The third kappa shape index (κ3) is 5.74. The first kappa shape index (κ1) is 26.2. The van der Waals surface area contributed by atoms with Crippen LogP contribution in [0.5, 0.6) is 0 Å². The van der Waals surface area contributed by atoms with Crippen molar-refractivity contribution >= 4 is 0 Å². The zero-order valence-corrected chi connectivity index (χ0v) is 23.9. The van der Waals surface area contributed by atoms with Crippen LogP contribution in [0.2, 0.25) is 0 Å². The van der Waals surface area contributed by atoms with E-state index in [-0.39, 0.29) is 0 Å². The third-order valence-electron chi connectivity index (χ3n) is 7.49. The lowest BCUT2D eigenvalue weighted by atomic mass is 9.99. The fraction of sp³-hybridized carbons (Fsp3) is 0.0250. The minimum Gasteiger partial charge on any atom is -0.248 e. The Hall–Kier alpha value is -5.67. The Bertz CT molecular complexity index is 1740. The molecule has 3 heterocycles. The van der Waals surface area contributed by atoms with Gasteiger partial charge in [0.25, 0.3) is 0 Å². The van der Waals surface area contributed by atoms with Crippen molar-refractivity contribution in [1.82, 2.24) is 15.0 Å². The Morgan fingerprint density at radius 2 is 0.512 bits per heavy atom. The maximum atomic E-state index is 5.26. The van der Waals surface area contributed by atoms with Crippen LogP contribution in [0.3, 0.4) is 0 Å². The van der Waals surface area contributed by atoms with E-state index in [1.807, 2.05) is 72.8 Å². The Balaban J connectivity index is 1.40. The molecule has 0 spiro atoms. The molecule has 43 heavy (non-hydrogen) atoms. The lowest BCUT2D eigenvalue weighted by Crippen LogP contribution is -1.96. The Kier molecular flexibility index (Phi) is 7.12. The average molecular weight is 552 g/mol. The average Bonchev–Trinajstić information content (AvgIpc) is 3.09. The van der Waals surface area contributed by atoms with Gasteiger partial charge >= 0.3 is 0 Å². The molecule has 0 atom stereocenters. The van der Waals surface area contributed by atoms with Crippen LogP contribution in [-0.4, -0.2) is 15.0 Å². The lowest BCUT2D eigenvalue weighted by Gasteiger charge is -2.13. The minimum atomic E-state index is 0.908. The van der Waals surface area contributed by atoms with Crippen LogP contribution in [0.25, 0.3) is 67.5 Å². The Morgan fingerprint density at radius 3 is 0.767 bits per heavy atom. The number of aryl methyl sites for hydroxylation is 1. The molecular weight excluding hydrogens is 522 g/mol. The van der Waals surface area contributed by atoms with Gasteiger partial charge in [0.1, 0.15) is 0 Å². The molecule has 0 aliphatic rings. The number of hydrogen-bond donors (Lipinski definition) is 0. The topological polar surface area (TPSA) is 38.7 Å². The van der Waals surface area contributed by atoms with E-state index >= 15 is 0 Å². The van der Waals surface area contributed by atoms with E-state index in [0.29, 0.717) is 0 Å². The summed E-state index contributed by atoms with van der Waals surface area (Å²) in [6, 6.07) is 54.2. The summed E-state index contributed by atoms with van der Waals surface area (Å²) in [7, 11) is 0. The SMILES string of the molecule is Cc1cc(-c2cc(-c3ccccc3)nc(-c3ccccc3)c2)nc(-c2cc(-c3ccccc3)nc(-c3ccccc3)c2)c1. The number of rotatable bonds is 6. The predicted molar refractivity (Wildman–Crippen MR) is 177 cm³/mol. The summed E-state index contributed by atoms with van der Waals surface area (Å²) in [4.78, 5) is 15.4. The van der Waals surface area contributed by atoms with Crippen LogP contribution in [0.15, 0.2) is 158 Å². The van der Waals surface area contributed by atoms with Crippen LogP contribution >= 0.6 is 0 Å². The molecule has 3 nitrogen and oxygen atoms in total. The van der Waals surface area contributed by atoms with Crippen molar-refractivity contribution in [3.8, 4) is 67.5 Å². The molecule has 0 saturated carbocycles. The zero-order valence-electron chi connectivity index (χ0n) is 23.9. The Labute approximate surface area is 252 Å². The molecule has 0 bridgehead atoms. The van der Waals surface area contributed by atoms with Gasteiger partial charge in [-0.15, -0.1) is 0 Å². The van der Waals surface area contributed by atoms with Crippen molar-refractivity contribution in [2.45, 2.75) is 6.92 Å². The van der Waals surface area contributed by atoms with Gasteiger partial charge in [-0.25, -0.2) is 15.0 Å². The molecular formula is C40H29N3. The predicted octanol–water partition coefficient (Wildman–Crippen LogP) is 10.2. The molecule has 0 saturated heterocycles. The lowest BCUT2D eigenvalue weighted by molar-refractivity contribution is 1.25. The van der Waals surface area contributed by atoms with Crippen molar-refractivity contribution in [2.24, 2.45) is 0 Å². The number of aromatic nitrogens is 3. The highest BCUT2D eigenvalue weighted by molar-refractivity contribution is 5.79. The van der Waals surface area contributed by atoms with Gasteiger partial charge in [-0.3, -0.25) is 0 Å². The number of benzene rings is 4. The van der Waals surface area contributed by atoms with E-state index < -0.39 is 0 Å². The van der Waals surface area contributed by atoms with Gasteiger partial charge in [-0.05, 0) is 48.9 Å². The Morgan fingerprint density at radius 1 is 0.279 bits per heavy atom. The van der Waals surface area contributed by atoms with Crippen molar-refractivity contribution in [3.05, 3.63) is 163 Å². The third-order valence-corrected chi connectivity index (χ3v) is 7.49. The second-order valence-corrected chi connectivity index (χ2v) is 10.6. The summed E-state index contributed by atoms with van der Waals surface area (Å²) in [6.07, 6.45) is 0. The van der Waals surface area contributed by atoms with Gasteiger partial charge in [-0.2, -0.15) is 0 Å². The molecule has 0 N–H and O–H groups in total. The van der Waals surface area contributed by atoms with Gasteiger partial charge in [-0.1, -0.05) is 121 Å². The first-order valence-corrected chi connectivity index (χ1v) is 14.4. The number of hydrogen-bond acceptors (Lipinski definition) is 3. The molecule has 7 aromatic rings. The highest BCUT2D eigenvalue weighted by Crippen LogP contribution is 2.34. The zero-order chi connectivity index (χ0) is 29.0. The molecule has 0 fully saturated rings. The molecule has 3 heteroatoms. The molecule has 0 radical (unpaired) electrons. The maximum Gasteiger partial charge on any atom is 0.0716 e. The summed E-state index contributed by atoms with van der Waals surface area (Å²) in [5.41, 5.74) is 13.0. The summed E-state index contributed by atoms with van der Waals surface area (Å²) >= 11 is 0. The molecule has 0 aliphatic carbocycles. The van der Waals surface area contributed by atoms with Crippen LogP contribution < -0.4 is 0 Å². The minimum absolute atomic E-state index is 0.908. The quantitative estimate of drug-likeness (QED) is 0.206. The highest BCUT2D eigenvalue weighted by Gasteiger charge is 2.14. The van der Waals surface area contributed by atoms with Gasteiger partial charge in [0.05, 0.1) is 34.2 Å². The summed E-state index contributed by atoms with van der Waals surface area (Å²) in [5.74, 6) is 0. The van der Waals surface area contributed by atoms with Gasteiger partial charge in [0.2, 0.25) is 0 Å². The largest absolute Gasteiger partial charge is 0.248 e. The van der Waals surface area contributed by atoms with Gasteiger partial charge in [0.15, 0.2) is 0 Å². The van der Waals surface area contributed by atoms with Gasteiger partial charge < -0.3 is 0 Å². The number of pyridine rings is 3. The maximum absolute atomic E-state index is 5.26. The molecule has 0 aliphatic heterocycles. The molecule has 0 amide bonds. The van der Waals surface area contributed by atoms with Crippen LogP contribution in [-0.2, 0) is 0 Å². The van der Waals surface area contributed by atoms with Crippen molar-refractivity contribution in [3.63, 3.8) is 0 Å². The first-order valence-electron chi connectivity index (χ1n) is 14.4. The van der Waals surface area contributed by atoms with E-state index in [0.717, 1.165) is 73.1 Å².